The predicted octanol–water partition coefficient (Wildman–Crippen LogP) is 1.18. The molecule has 0 saturated heterocycles. The largest absolute Gasteiger partial charge is 0.468 e. The van der Waals surface area contributed by atoms with Crippen molar-refractivity contribution in [3.63, 3.8) is 0 Å². The normalized spacial score (nSPS) is 14.2. The van der Waals surface area contributed by atoms with Crippen LogP contribution in [0.1, 0.15) is 40.2 Å². The number of aromatic amines is 1. The Hall–Kier alpha value is -1.28. The smallest absolute Gasteiger partial charge is 0.344 e. The molecule has 1 aromatic heterocycles. The van der Waals surface area contributed by atoms with E-state index in [1.165, 1.54) is 18.9 Å². The topological polar surface area (TPSA) is 89.0 Å². The van der Waals surface area contributed by atoms with Gasteiger partial charge in [-0.2, -0.15) is 0 Å². The molecule has 0 aromatic carbocycles. The van der Waals surface area contributed by atoms with E-state index in [-0.39, 0.29) is 17.7 Å². The number of hydrogen-bond donors (Lipinski definition) is 2. The molecule has 0 aliphatic rings. The summed E-state index contributed by atoms with van der Waals surface area (Å²) in [6.45, 7) is 8.30. The molecule has 0 fully saturated rings. The van der Waals surface area contributed by atoms with Crippen molar-refractivity contribution < 1.29 is 9.53 Å². The van der Waals surface area contributed by atoms with Crippen LogP contribution in [0.4, 0.5) is 0 Å². The van der Waals surface area contributed by atoms with E-state index in [0.717, 1.165) is 0 Å². The Morgan fingerprint density at radius 3 is 2.76 bits per heavy atom. The predicted molar refractivity (Wildman–Crippen MR) is 82.7 cm³/mol. The summed E-state index contributed by atoms with van der Waals surface area (Å²) in [5.74, 6) is 0.364. The Balaban J connectivity index is 2.71. The standard InChI is InChI=1S/C13H24N4O3S/c1-6-14-13(4,10(18)20-5)7-8-21-12-16-15-11(19)17(12)9(2)3/h9,14H,6-8H2,1-5H3,(H,15,19). The number of H-pyrrole nitrogens is 1. The zero-order valence-electron chi connectivity index (χ0n) is 13.2. The average Bonchev–Trinajstić information content (AvgIpc) is 2.79. The van der Waals surface area contributed by atoms with Gasteiger partial charge in [-0.25, -0.2) is 9.89 Å². The molecule has 7 nitrogen and oxygen atoms in total. The lowest BCUT2D eigenvalue weighted by Crippen LogP contribution is -2.50. The van der Waals surface area contributed by atoms with Crippen LogP contribution in [-0.4, -0.2) is 45.7 Å². The maximum atomic E-state index is 11.9. The van der Waals surface area contributed by atoms with E-state index in [2.05, 4.69) is 15.5 Å². The molecule has 8 heteroatoms. The van der Waals surface area contributed by atoms with E-state index < -0.39 is 5.54 Å². The van der Waals surface area contributed by atoms with Crippen LogP contribution in [0.2, 0.25) is 0 Å². The molecule has 2 N–H and O–H groups in total. The van der Waals surface area contributed by atoms with Gasteiger partial charge in [0.1, 0.15) is 5.54 Å². The fourth-order valence-corrected chi connectivity index (χ4v) is 3.31. The van der Waals surface area contributed by atoms with Crippen molar-refractivity contribution in [1.82, 2.24) is 20.1 Å². The van der Waals surface area contributed by atoms with Gasteiger partial charge in [-0.1, -0.05) is 18.7 Å². The molecule has 0 spiro atoms. The van der Waals surface area contributed by atoms with Gasteiger partial charge in [0.25, 0.3) is 0 Å². The highest BCUT2D eigenvalue weighted by molar-refractivity contribution is 7.99. The maximum absolute atomic E-state index is 11.9. The molecule has 21 heavy (non-hydrogen) atoms. The number of thioether (sulfide) groups is 1. The van der Waals surface area contributed by atoms with Crippen LogP contribution in [-0.2, 0) is 9.53 Å². The van der Waals surface area contributed by atoms with Gasteiger partial charge in [0, 0.05) is 11.8 Å². The van der Waals surface area contributed by atoms with Crippen molar-refractivity contribution >= 4 is 17.7 Å². The third-order valence-corrected chi connectivity index (χ3v) is 4.18. The summed E-state index contributed by atoms with van der Waals surface area (Å²) >= 11 is 1.45. The van der Waals surface area contributed by atoms with Gasteiger partial charge >= 0.3 is 11.7 Å². The molecular formula is C13H24N4O3S. The first kappa shape index (κ1) is 17.8. The van der Waals surface area contributed by atoms with E-state index in [1.54, 1.807) is 4.57 Å². The van der Waals surface area contributed by atoms with Gasteiger partial charge in [0.05, 0.1) is 7.11 Å². The van der Waals surface area contributed by atoms with Crippen LogP contribution in [0.5, 0.6) is 0 Å². The minimum Gasteiger partial charge on any atom is -0.468 e. The first-order valence-electron chi connectivity index (χ1n) is 6.98. The molecule has 0 aliphatic carbocycles. The van der Waals surface area contributed by atoms with Gasteiger partial charge in [0.15, 0.2) is 5.16 Å². The minimum absolute atomic E-state index is 0.0412. The quantitative estimate of drug-likeness (QED) is 0.553. The number of nitrogens with one attached hydrogen (secondary N) is 2. The molecule has 1 atom stereocenters. The highest BCUT2D eigenvalue weighted by Gasteiger charge is 2.33. The Bertz CT molecular complexity index is 526. The maximum Gasteiger partial charge on any atom is 0.344 e. The van der Waals surface area contributed by atoms with E-state index >= 15 is 0 Å². The number of likely N-dealkylation sites (N-methyl/N-ethyl adjacent to an activating group) is 1. The fourth-order valence-electron chi connectivity index (χ4n) is 2.07. The van der Waals surface area contributed by atoms with Crippen LogP contribution in [0.25, 0.3) is 0 Å². The molecule has 0 radical (unpaired) electrons. The Labute approximate surface area is 128 Å². The van der Waals surface area contributed by atoms with E-state index in [0.29, 0.717) is 23.9 Å². The van der Waals surface area contributed by atoms with Crippen molar-refractivity contribution in [3.05, 3.63) is 10.5 Å². The monoisotopic (exact) mass is 316 g/mol. The van der Waals surface area contributed by atoms with Crippen molar-refractivity contribution in [3.8, 4) is 0 Å². The van der Waals surface area contributed by atoms with Gasteiger partial charge < -0.3 is 10.1 Å². The summed E-state index contributed by atoms with van der Waals surface area (Å²) in [5.41, 5.74) is -0.939. The Morgan fingerprint density at radius 1 is 1.57 bits per heavy atom. The van der Waals surface area contributed by atoms with Crippen LogP contribution >= 0.6 is 11.8 Å². The van der Waals surface area contributed by atoms with E-state index in [9.17, 15) is 9.59 Å². The molecular weight excluding hydrogens is 292 g/mol. The fraction of sp³-hybridized carbons (Fsp3) is 0.769. The van der Waals surface area contributed by atoms with Gasteiger partial charge in [-0.15, -0.1) is 5.10 Å². The third-order valence-electron chi connectivity index (χ3n) is 3.22. The number of nitrogens with zero attached hydrogens (tertiary/aromatic N) is 2. The summed E-state index contributed by atoms with van der Waals surface area (Å²) in [6, 6.07) is 0.0412. The third kappa shape index (κ3) is 4.34. The second-order valence-electron chi connectivity index (χ2n) is 5.23. The first-order valence-corrected chi connectivity index (χ1v) is 7.97. The molecule has 0 bridgehead atoms. The lowest BCUT2D eigenvalue weighted by atomic mass is 9.99. The molecule has 0 amide bonds. The van der Waals surface area contributed by atoms with Crippen molar-refractivity contribution in [2.24, 2.45) is 0 Å². The van der Waals surface area contributed by atoms with Gasteiger partial charge in [-0.3, -0.25) is 9.36 Å². The zero-order chi connectivity index (χ0) is 16.0. The molecule has 0 aliphatic heterocycles. The SMILES string of the molecule is CCNC(C)(CCSc1n[nH]c(=O)n1C(C)C)C(=O)OC. The lowest BCUT2D eigenvalue weighted by Gasteiger charge is -2.27. The molecule has 1 heterocycles. The van der Waals surface area contributed by atoms with E-state index in [4.69, 9.17) is 4.74 Å². The number of carbonyl (C=O) groups is 1. The minimum atomic E-state index is -0.726. The zero-order valence-corrected chi connectivity index (χ0v) is 14.0. The van der Waals surface area contributed by atoms with Crippen molar-refractivity contribution in [2.75, 3.05) is 19.4 Å². The van der Waals surface area contributed by atoms with Crippen LogP contribution in [0, 0.1) is 0 Å². The Kier molecular flexibility index (Phi) is 6.47. The van der Waals surface area contributed by atoms with Crippen LogP contribution in [0.15, 0.2) is 9.95 Å². The number of esters is 1. The van der Waals surface area contributed by atoms with Crippen LogP contribution in [0.3, 0.4) is 0 Å². The number of hydrogen-bond acceptors (Lipinski definition) is 6. The summed E-state index contributed by atoms with van der Waals surface area (Å²) < 4.78 is 6.45. The summed E-state index contributed by atoms with van der Waals surface area (Å²) in [4.78, 5) is 23.5. The van der Waals surface area contributed by atoms with Gasteiger partial charge in [-0.05, 0) is 33.7 Å². The number of ether oxygens (including phenoxy) is 1. The number of aromatic nitrogens is 3. The van der Waals surface area contributed by atoms with Crippen molar-refractivity contribution in [1.29, 1.82) is 0 Å². The highest BCUT2D eigenvalue weighted by atomic mass is 32.2. The highest BCUT2D eigenvalue weighted by Crippen LogP contribution is 2.22. The van der Waals surface area contributed by atoms with Crippen molar-refractivity contribution in [2.45, 2.75) is 50.9 Å². The molecule has 1 unspecified atom stereocenters. The number of rotatable bonds is 8. The number of methoxy groups -OCH3 is 1. The summed E-state index contributed by atoms with van der Waals surface area (Å²) in [5, 5.41) is 10.3. The second kappa shape index (κ2) is 7.65. The average molecular weight is 316 g/mol. The second-order valence-corrected chi connectivity index (χ2v) is 6.29. The Morgan fingerprint density at radius 2 is 2.24 bits per heavy atom. The van der Waals surface area contributed by atoms with Crippen LogP contribution < -0.4 is 11.0 Å². The van der Waals surface area contributed by atoms with Gasteiger partial charge in [0.2, 0.25) is 0 Å². The molecule has 0 saturated carbocycles. The first-order chi connectivity index (χ1) is 9.85. The summed E-state index contributed by atoms with van der Waals surface area (Å²) in [6.07, 6.45) is 0.581. The molecule has 1 aromatic rings. The lowest BCUT2D eigenvalue weighted by molar-refractivity contribution is -0.147. The molecule has 1 rings (SSSR count). The molecule has 120 valence electrons. The summed E-state index contributed by atoms with van der Waals surface area (Å²) in [7, 11) is 1.38. The number of carbonyl (C=O) groups excluding carboxylic acids is 1. The van der Waals surface area contributed by atoms with E-state index in [1.807, 2.05) is 27.7 Å².